The van der Waals surface area contributed by atoms with E-state index in [-0.39, 0.29) is 12.2 Å². The summed E-state index contributed by atoms with van der Waals surface area (Å²) in [7, 11) is 0. The highest BCUT2D eigenvalue weighted by molar-refractivity contribution is 6.31. The molecule has 0 saturated carbocycles. The Labute approximate surface area is 145 Å². The maximum atomic E-state index is 13.9. The predicted molar refractivity (Wildman–Crippen MR) is 92.6 cm³/mol. The molecule has 2 aromatic rings. The van der Waals surface area contributed by atoms with E-state index < -0.39 is 5.82 Å². The van der Waals surface area contributed by atoms with Crippen molar-refractivity contribution in [2.75, 3.05) is 6.61 Å². The van der Waals surface area contributed by atoms with E-state index in [2.05, 4.69) is 6.58 Å². The first-order valence-electron chi connectivity index (χ1n) is 7.52. The highest BCUT2D eigenvalue weighted by Gasteiger charge is 2.15. The van der Waals surface area contributed by atoms with E-state index >= 15 is 0 Å². The number of carbonyl (C=O) groups excluding carboxylic acids is 1. The van der Waals surface area contributed by atoms with Crippen LogP contribution in [0.2, 0.25) is 5.02 Å². The summed E-state index contributed by atoms with van der Waals surface area (Å²) in [6.45, 7) is 5.90. The normalized spacial score (nSPS) is 10.3. The Morgan fingerprint density at radius 3 is 2.71 bits per heavy atom. The first-order valence-corrected chi connectivity index (χ1v) is 7.90. The Kier molecular flexibility index (Phi) is 6.38. The third-order valence-electron chi connectivity index (χ3n) is 3.38. The summed E-state index contributed by atoms with van der Waals surface area (Å²) in [5.41, 5.74) is 1.49. The quantitative estimate of drug-likeness (QED) is 0.497. The average molecular weight is 349 g/mol. The molecule has 0 aliphatic rings. The van der Waals surface area contributed by atoms with Crippen LogP contribution < -0.4 is 9.47 Å². The topological polar surface area (TPSA) is 35.5 Å². The molecule has 0 aliphatic heterocycles. The van der Waals surface area contributed by atoms with Crippen LogP contribution in [0.1, 0.15) is 28.4 Å². The summed E-state index contributed by atoms with van der Waals surface area (Å²) < 4.78 is 25.3. The Morgan fingerprint density at radius 2 is 2.08 bits per heavy atom. The summed E-state index contributed by atoms with van der Waals surface area (Å²) in [5.74, 6) is 0.461. The third kappa shape index (κ3) is 4.15. The molecule has 2 aromatic carbocycles. The van der Waals surface area contributed by atoms with Gasteiger partial charge in [0, 0.05) is 16.7 Å². The number of aldehydes is 1. The van der Waals surface area contributed by atoms with Crippen LogP contribution in [0.3, 0.4) is 0 Å². The smallest absolute Gasteiger partial charge is 0.165 e. The van der Waals surface area contributed by atoms with Crippen LogP contribution in [-0.4, -0.2) is 12.9 Å². The predicted octanol–water partition coefficient (Wildman–Crippen LogP) is 5.00. The fraction of sp³-hybridized carbons (Fsp3) is 0.211. The second-order valence-electron chi connectivity index (χ2n) is 5.04. The van der Waals surface area contributed by atoms with Crippen molar-refractivity contribution in [3.05, 3.63) is 70.5 Å². The van der Waals surface area contributed by atoms with Crippen molar-refractivity contribution < 1.29 is 18.7 Å². The number of allylic oxidation sites excluding steroid dienone is 1. The highest BCUT2D eigenvalue weighted by Crippen LogP contribution is 2.35. The average Bonchev–Trinajstić information content (AvgIpc) is 2.56. The van der Waals surface area contributed by atoms with Crippen LogP contribution in [0.25, 0.3) is 0 Å². The molecule has 24 heavy (non-hydrogen) atoms. The SMILES string of the molecule is C=CCc1cc(C=O)cc(OCC)c1OCc1c(F)cccc1Cl. The van der Waals surface area contributed by atoms with Crippen molar-refractivity contribution in [3.63, 3.8) is 0 Å². The molecule has 126 valence electrons. The minimum Gasteiger partial charge on any atom is -0.490 e. The van der Waals surface area contributed by atoms with Crippen molar-refractivity contribution in [3.8, 4) is 11.5 Å². The molecule has 0 fully saturated rings. The third-order valence-corrected chi connectivity index (χ3v) is 3.73. The van der Waals surface area contributed by atoms with Gasteiger partial charge in [0.05, 0.1) is 11.6 Å². The lowest BCUT2D eigenvalue weighted by molar-refractivity contribution is 0.112. The molecule has 0 aromatic heterocycles. The van der Waals surface area contributed by atoms with Gasteiger partial charge in [-0.3, -0.25) is 4.79 Å². The Balaban J connectivity index is 2.39. The van der Waals surface area contributed by atoms with Gasteiger partial charge in [0.1, 0.15) is 18.7 Å². The zero-order valence-corrected chi connectivity index (χ0v) is 14.1. The van der Waals surface area contributed by atoms with E-state index in [4.69, 9.17) is 21.1 Å². The van der Waals surface area contributed by atoms with Crippen LogP contribution in [0.4, 0.5) is 4.39 Å². The summed E-state index contributed by atoms with van der Waals surface area (Å²) in [6.07, 6.45) is 2.93. The molecule has 0 spiro atoms. The molecular weight excluding hydrogens is 331 g/mol. The van der Waals surface area contributed by atoms with Crippen molar-refractivity contribution in [1.82, 2.24) is 0 Å². The summed E-state index contributed by atoms with van der Waals surface area (Å²) in [6, 6.07) is 7.77. The molecule has 3 nitrogen and oxygen atoms in total. The molecule has 5 heteroatoms. The summed E-state index contributed by atoms with van der Waals surface area (Å²) >= 11 is 6.03. The number of benzene rings is 2. The second kappa shape index (κ2) is 8.50. The molecule has 0 amide bonds. The van der Waals surface area contributed by atoms with Gasteiger partial charge in [0.25, 0.3) is 0 Å². The van der Waals surface area contributed by atoms with Crippen molar-refractivity contribution in [2.24, 2.45) is 0 Å². The van der Waals surface area contributed by atoms with Crippen molar-refractivity contribution in [1.29, 1.82) is 0 Å². The second-order valence-corrected chi connectivity index (χ2v) is 5.45. The molecule has 0 saturated heterocycles. The van der Waals surface area contributed by atoms with E-state index in [1.165, 1.54) is 12.1 Å². The van der Waals surface area contributed by atoms with E-state index in [9.17, 15) is 9.18 Å². The number of halogens is 2. The molecule has 0 atom stereocenters. The van der Waals surface area contributed by atoms with Gasteiger partial charge >= 0.3 is 0 Å². The van der Waals surface area contributed by atoms with Crippen LogP contribution in [0.5, 0.6) is 11.5 Å². The molecular formula is C19H18ClFO3. The van der Waals surface area contributed by atoms with Gasteiger partial charge in [0.2, 0.25) is 0 Å². The molecule has 0 heterocycles. The summed E-state index contributed by atoms with van der Waals surface area (Å²) in [4.78, 5) is 11.1. The first kappa shape index (κ1) is 18.0. The maximum Gasteiger partial charge on any atom is 0.165 e. The molecule has 0 bridgehead atoms. The van der Waals surface area contributed by atoms with E-state index in [1.54, 1.807) is 24.3 Å². The summed E-state index contributed by atoms with van der Waals surface area (Å²) in [5, 5.41) is 0.294. The number of rotatable bonds is 8. The Hall–Kier alpha value is -2.33. The number of carbonyl (C=O) groups is 1. The van der Waals surface area contributed by atoms with Gasteiger partial charge in [-0.1, -0.05) is 23.7 Å². The van der Waals surface area contributed by atoms with Crippen LogP contribution in [-0.2, 0) is 13.0 Å². The Bertz CT molecular complexity index is 723. The Morgan fingerprint density at radius 1 is 1.29 bits per heavy atom. The number of hydrogen-bond acceptors (Lipinski definition) is 3. The van der Waals surface area contributed by atoms with E-state index in [0.717, 1.165) is 11.8 Å². The van der Waals surface area contributed by atoms with Gasteiger partial charge in [-0.15, -0.1) is 6.58 Å². The lowest BCUT2D eigenvalue weighted by Crippen LogP contribution is -2.05. The van der Waals surface area contributed by atoms with Gasteiger partial charge in [-0.2, -0.15) is 0 Å². The van der Waals surface area contributed by atoms with Crippen LogP contribution in [0.15, 0.2) is 43.0 Å². The lowest BCUT2D eigenvalue weighted by Gasteiger charge is -2.17. The fourth-order valence-electron chi connectivity index (χ4n) is 2.30. The first-order chi connectivity index (χ1) is 11.6. The zero-order chi connectivity index (χ0) is 17.5. The van der Waals surface area contributed by atoms with Crippen LogP contribution in [0, 0.1) is 5.82 Å². The molecule has 0 unspecified atom stereocenters. The van der Waals surface area contributed by atoms with Crippen molar-refractivity contribution >= 4 is 17.9 Å². The maximum absolute atomic E-state index is 13.9. The van der Waals surface area contributed by atoms with Gasteiger partial charge in [0.15, 0.2) is 11.5 Å². The minimum absolute atomic E-state index is 0.0455. The number of ether oxygens (including phenoxy) is 2. The fourth-order valence-corrected chi connectivity index (χ4v) is 2.52. The molecule has 0 aliphatic carbocycles. The van der Waals surface area contributed by atoms with Gasteiger partial charge in [-0.05, 0) is 37.6 Å². The largest absolute Gasteiger partial charge is 0.490 e. The number of hydrogen-bond donors (Lipinski definition) is 0. The highest BCUT2D eigenvalue weighted by atomic mass is 35.5. The standard InChI is InChI=1S/C19H18ClFO3/c1-3-6-14-9-13(11-22)10-18(23-4-2)19(14)24-12-15-16(20)7-5-8-17(15)21/h3,5,7-11H,1,4,6,12H2,2H3. The zero-order valence-electron chi connectivity index (χ0n) is 13.4. The lowest BCUT2D eigenvalue weighted by atomic mass is 10.1. The minimum atomic E-state index is -0.435. The van der Waals surface area contributed by atoms with E-state index in [0.29, 0.717) is 35.1 Å². The molecule has 0 radical (unpaired) electrons. The molecule has 2 rings (SSSR count). The van der Waals surface area contributed by atoms with E-state index in [1.807, 2.05) is 6.92 Å². The van der Waals surface area contributed by atoms with Crippen molar-refractivity contribution in [2.45, 2.75) is 20.0 Å². The monoisotopic (exact) mass is 348 g/mol. The van der Waals surface area contributed by atoms with Gasteiger partial charge < -0.3 is 9.47 Å². The van der Waals surface area contributed by atoms with Crippen LogP contribution >= 0.6 is 11.6 Å². The van der Waals surface area contributed by atoms with Gasteiger partial charge in [-0.25, -0.2) is 4.39 Å². The molecule has 0 N–H and O–H groups in total.